The molecule has 0 N–H and O–H groups in total. The molecule has 0 heterocycles. The van der Waals surface area contributed by atoms with Crippen LogP contribution in [0.3, 0.4) is 0 Å². The highest BCUT2D eigenvalue weighted by Gasteiger charge is 2.59. The van der Waals surface area contributed by atoms with Gasteiger partial charge in [-0.2, -0.15) is 0 Å². The van der Waals surface area contributed by atoms with Gasteiger partial charge in [-0.15, -0.1) is 0 Å². The molecule has 0 amide bonds. The fraction of sp³-hybridized carbons (Fsp3) is 0.889. The van der Waals surface area contributed by atoms with Gasteiger partial charge in [0.25, 0.3) is 0 Å². The van der Waals surface area contributed by atoms with Crippen LogP contribution in [0.5, 0.6) is 0 Å². The Hall–Kier alpha value is -0.590. The predicted molar refractivity (Wildman–Crippen MR) is 118 cm³/mol. The molecule has 28 heavy (non-hydrogen) atoms. The highest BCUT2D eigenvalue weighted by atomic mass is 16.1. The van der Waals surface area contributed by atoms with E-state index in [9.17, 15) is 4.79 Å². The first-order valence-electron chi connectivity index (χ1n) is 12.5. The van der Waals surface area contributed by atoms with E-state index in [0.717, 1.165) is 48.3 Å². The number of fused-ring (bicyclic) bond motifs is 5. The van der Waals surface area contributed by atoms with Crippen LogP contribution in [0, 0.1) is 46.3 Å². The van der Waals surface area contributed by atoms with E-state index in [1.165, 1.54) is 63.4 Å². The molecule has 4 aliphatic rings. The van der Waals surface area contributed by atoms with Crippen molar-refractivity contribution in [2.24, 2.45) is 46.3 Å². The summed E-state index contributed by atoms with van der Waals surface area (Å²) in [7, 11) is 0. The molecule has 7 atom stereocenters. The van der Waals surface area contributed by atoms with Crippen molar-refractivity contribution in [1.29, 1.82) is 0 Å². The molecule has 0 spiro atoms. The summed E-state index contributed by atoms with van der Waals surface area (Å²) in [6, 6.07) is 0. The molecule has 0 saturated heterocycles. The minimum atomic E-state index is 0.332. The maximum absolute atomic E-state index is 12.0. The van der Waals surface area contributed by atoms with Crippen LogP contribution >= 0.6 is 0 Å². The highest BCUT2D eigenvalue weighted by Crippen LogP contribution is 2.67. The maximum atomic E-state index is 12.0. The van der Waals surface area contributed by atoms with Gasteiger partial charge in [0.15, 0.2) is 5.78 Å². The van der Waals surface area contributed by atoms with Crippen molar-refractivity contribution in [2.45, 2.75) is 105 Å². The average Bonchev–Trinajstić information content (AvgIpc) is 2.99. The molecule has 1 nitrogen and oxygen atoms in total. The lowest BCUT2D eigenvalue weighted by Gasteiger charge is -2.58. The van der Waals surface area contributed by atoms with Crippen LogP contribution in [-0.4, -0.2) is 5.78 Å². The Morgan fingerprint density at radius 3 is 2.50 bits per heavy atom. The van der Waals surface area contributed by atoms with E-state index in [4.69, 9.17) is 0 Å². The van der Waals surface area contributed by atoms with E-state index in [-0.39, 0.29) is 0 Å². The SMILES string of the molecule is CC(C)CCCC(C)[C@H]1CCC2C3CCC4=CC(=O)CC[C@]4(C)C3CC[C@@]21C. The fourth-order valence-electron chi connectivity index (χ4n) is 8.58. The van der Waals surface area contributed by atoms with Crippen LogP contribution in [0.15, 0.2) is 11.6 Å². The lowest BCUT2D eigenvalue weighted by atomic mass is 9.46. The molecule has 0 aromatic rings. The molecule has 4 aliphatic carbocycles. The minimum absolute atomic E-state index is 0.332. The van der Waals surface area contributed by atoms with Gasteiger partial charge < -0.3 is 0 Å². The van der Waals surface area contributed by atoms with Crippen LogP contribution in [0.1, 0.15) is 105 Å². The van der Waals surface area contributed by atoms with Crippen molar-refractivity contribution < 1.29 is 4.79 Å². The number of carbonyl (C=O) groups excluding carboxylic acids is 1. The van der Waals surface area contributed by atoms with Crippen molar-refractivity contribution in [3.8, 4) is 0 Å². The molecule has 158 valence electrons. The number of allylic oxidation sites excluding steroid dienone is 1. The first-order chi connectivity index (χ1) is 13.3. The van der Waals surface area contributed by atoms with Crippen molar-refractivity contribution in [2.75, 3.05) is 0 Å². The van der Waals surface area contributed by atoms with Crippen molar-refractivity contribution in [1.82, 2.24) is 0 Å². The molecule has 1 heteroatoms. The molecular formula is C27H44O. The maximum Gasteiger partial charge on any atom is 0.155 e. The Morgan fingerprint density at radius 2 is 1.75 bits per heavy atom. The molecular weight excluding hydrogens is 340 g/mol. The lowest BCUT2D eigenvalue weighted by Crippen LogP contribution is -2.50. The van der Waals surface area contributed by atoms with Gasteiger partial charge in [0.2, 0.25) is 0 Å². The van der Waals surface area contributed by atoms with Gasteiger partial charge in [-0.3, -0.25) is 4.79 Å². The summed E-state index contributed by atoms with van der Waals surface area (Å²) in [5.74, 6) is 5.79. The average molecular weight is 385 g/mol. The van der Waals surface area contributed by atoms with Crippen LogP contribution in [-0.2, 0) is 4.79 Å². The second-order valence-electron chi connectivity index (χ2n) is 12.0. The number of ketones is 1. The van der Waals surface area contributed by atoms with E-state index >= 15 is 0 Å². The molecule has 4 unspecified atom stereocenters. The molecule has 0 bridgehead atoms. The Morgan fingerprint density at radius 1 is 0.964 bits per heavy atom. The molecule has 3 saturated carbocycles. The first kappa shape index (κ1) is 20.7. The lowest BCUT2D eigenvalue weighted by molar-refractivity contribution is -0.117. The van der Waals surface area contributed by atoms with Crippen LogP contribution in [0.4, 0.5) is 0 Å². The highest BCUT2D eigenvalue weighted by molar-refractivity contribution is 5.91. The number of hydrogen-bond donors (Lipinski definition) is 0. The normalized spacial score (nSPS) is 43.9. The second kappa shape index (κ2) is 7.59. The monoisotopic (exact) mass is 384 g/mol. The fourth-order valence-corrected chi connectivity index (χ4v) is 8.58. The zero-order valence-corrected chi connectivity index (χ0v) is 19.2. The number of rotatable bonds is 5. The number of hydrogen-bond acceptors (Lipinski definition) is 1. The second-order valence-corrected chi connectivity index (χ2v) is 12.0. The summed E-state index contributed by atoms with van der Waals surface area (Å²) >= 11 is 0. The van der Waals surface area contributed by atoms with Gasteiger partial charge in [0.05, 0.1) is 0 Å². The molecule has 3 fully saturated rings. The predicted octanol–water partition coefficient (Wildman–Crippen LogP) is 7.60. The van der Waals surface area contributed by atoms with Crippen molar-refractivity contribution in [3.05, 3.63) is 11.6 Å². The largest absolute Gasteiger partial charge is 0.295 e. The van der Waals surface area contributed by atoms with E-state index in [0.29, 0.717) is 16.6 Å². The summed E-state index contributed by atoms with van der Waals surface area (Å²) < 4.78 is 0. The van der Waals surface area contributed by atoms with Crippen LogP contribution in [0.2, 0.25) is 0 Å². The summed E-state index contributed by atoms with van der Waals surface area (Å²) in [6.07, 6.45) is 16.6. The van der Waals surface area contributed by atoms with Crippen molar-refractivity contribution >= 4 is 5.78 Å². The molecule has 4 rings (SSSR count). The summed E-state index contributed by atoms with van der Waals surface area (Å²) in [6.45, 7) is 12.5. The number of carbonyl (C=O) groups is 1. The smallest absolute Gasteiger partial charge is 0.155 e. The standard InChI is InChI=1S/C27H44O/c1-18(2)7-6-8-19(3)23-11-12-24-22-10-9-20-17-21(28)13-15-26(20,4)25(22)14-16-27(23,24)5/h17-19,22-25H,6-16H2,1-5H3/t19?,22?,23-,24?,25?,26+,27-/m1/s1. The van der Waals surface area contributed by atoms with Crippen LogP contribution < -0.4 is 0 Å². The van der Waals surface area contributed by atoms with E-state index in [1.54, 1.807) is 0 Å². The molecule has 0 aromatic carbocycles. The Labute approximate surface area is 174 Å². The van der Waals surface area contributed by atoms with Gasteiger partial charge in [0, 0.05) is 6.42 Å². The van der Waals surface area contributed by atoms with Gasteiger partial charge in [-0.25, -0.2) is 0 Å². The molecule has 0 radical (unpaired) electrons. The van der Waals surface area contributed by atoms with E-state index < -0.39 is 0 Å². The zero-order valence-electron chi connectivity index (χ0n) is 19.2. The topological polar surface area (TPSA) is 17.1 Å². The quantitative estimate of drug-likeness (QED) is 0.477. The van der Waals surface area contributed by atoms with Gasteiger partial charge >= 0.3 is 0 Å². The first-order valence-corrected chi connectivity index (χ1v) is 12.5. The third-order valence-corrected chi connectivity index (χ3v) is 10.2. The summed E-state index contributed by atoms with van der Waals surface area (Å²) in [4.78, 5) is 12.0. The third-order valence-electron chi connectivity index (χ3n) is 10.2. The molecule has 0 aliphatic heterocycles. The van der Waals surface area contributed by atoms with Gasteiger partial charge in [-0.05, 0) is 97.4 Å². The summed E-state index contributed by atoms with van der Waals surface area (Å²) in [5, 5.41) is 0. The van der Waals surface area contributed by atoms with E-state index in [2.05, 4.69) is 40.7 Å². The Balaban J connectivity index is 1.49. The van der Waals surface area contributed by atoms with Gasteiger partial charge in [0.1, 0.15) is 0 Å². The minimum Gasteiger partial charge on any atom is -0.295 e. The third kappa shape index (κ3) is 3.33. The van der Waals surface area contributed by atoms with Crippen molar-refractivity contribution in [3.63, 3.8) is 0 Å². The van der Waals surface area contributed by atoms with Crippen LogP contribution in [0.25, 0.3) is 0 Å². The Bertz CT molecular complexity index is 630. The van der Waals surface area contributed by atoms with E-state index in [1.807, 2.05) is 0 Å². The molecule has 0 aromatic heterocycles. The Kier molecular flexibility index (Phi) is 5.60. The summed E-state index contributed by atoms with van der Waals surface area (Å²) in [5.41, 5.74) is 2.43. The van der Waals surface area contributed by atoms with Gasteiger partial charge in [-0.1, -0.05) is 59.5 Å². The zero-order chi connectivity index (χ0) is 20.1.